The number of anilines is 2. The maximum atomic E-state index is 12.3. The molecule has 0 radical (unpaired) electrons. The highest BCUT2D eigenvalue weighted by Crippen LogP contribution is 2.23. The van der Waals surface area contributed by atoms with Crippen LogP contribution in [0.5, 0.6) is 0 Å². The van der Waals surface area contributed by atoms with E-state index in [0.29, 0.717) is 23.6 Å². The van der Waals surface area contributed by atoms with Gasteiger partial charge in [-0.15, -0.1) is 0 Å². The summed E-state index contributed by atoms with van der Waals surface area (Å²) in [5.74, 6) is 0.111. The van der Waals surface area contributed by atoms with Crippen LogP contribution in [0.25, 0.3) is 11.3 Å². The molecular weight excluding hydrogens is 380 g/mol. The molecule has 1 amide bonds. The molecule has 2 aromatic heterocycles. The Morgan fingerprint density at radius 2 is 2.00 bits per heavy atom. The van der Waals surface area contributed by atoms with Gasteiger partial charge in [-0.1, -0.05) is 19.1 Å². The molecule has 2 N–H and O–H groups in total. The smallest absolute Gasteiger partial charge is 0.252 e. The Kier molecular flexibility index (Phi) is 6.36. The molecule has 1 atom stereocenters. The van der Waals surface area contributed by atoms with Crippen molar-refractivity contribution in [3.63, 3.8) is 0 Å². The van der Waals surface area contributed by atoms with E-state index >= 15 is 0 Å². The summed E-state index contributed by atoms with van der Waals surface area (Å²) < 4.78 is 1.51. The first-order chi connectivity index (χ1) is 14.5. The zero-order chi connectivity index (χ0) is 21.5. The van der Waals surface area contributed by atoms with Gasteiger partial charge >= 0.3 is 0 Å². The third-order valence-corrected chi connectivity index (χ3v) is 4.38. The van der Waals surface area contributed by atoms with E-state index < -0.39 is 6.04 Å². The van der Waals surface area contributed by atoms with Crippen molar-refractivity contribution in [3.05, 3.63) is 54.0 Å². The van der Waals surface area contributed by atoms with Crippen molar-refractivity contribution >= 4 is 17.5 Å². The lowest BCUT2D eigenvalue weighted by Gasteiger charge is -2.11. The number of nitrogens with one attached hydrogen (secondary N) is 2. The van der Waals surface area contributed by atoms with Crippen LogP contribution in [0, 0.1) is 29.6 Å². The molecule has 2 heterocycles. The molecule has 3 aromatic rings. The molecule has 0 saturated heterocycles. The average Bonchev–Trinajstić information content (AvgIpc) is 3.20. The molecule has 9 heteroatoms. The van der Waals surface area contributed by atoms with Crippen molar-refractivity contribution in [2.45, 2.75) is 32.9 Å². The van der Waals surface area contributed by atoms with Crippen LogP contribution in [-0.4, -0.2) is 31.7 Å². The van der Waals surface area contributed by atoms with Crippen molar-refractivity contribution < 1.29 is 4.79 Å². The van der Waals surface area contributed by atoms with E-state index in [4.69, 9.17) is 10.5 Å². The number of nitriles is 2. The summed E-state index contributed by atoms with van der Waals surface area (Å²) >= 11 is 0. The second kappa shape index (κ2) is 9.30. The van der Waals surface area contributed by atoms with Crippen molar-refractivity contribution in [3.8, 4) is 23.4 Å². The van der Waals surface area contributed by atoms with Crippen molar-refractivity contribution in [2.75, 3.05) is 5.32 Å². The predicted octanol–water partition coefficient (Wildman–Crippen LogP) is 2.95. The molecular formula is C21H20N8O. The summed E-state index contributed by atoms with van der Waals surface area (Å²) in [4.78, 5) is 21.1. The summed E-state index contributed by atoms with van der Waals surface area (Å²) in [6, 6.07) is 10.6. The summed E-state index contributed by atoms with van der Waals surface area (Å²) in [6.45, 7) is 3.91. The summed E-state index contributed by atoms with van der Waals surface area (Å²) in [6.07, 6.45) is 5.55. The Hall–Kier alpha value is -4.24. The van der Waals surface area contributed by atoms with Gasteiger partial charge in [0.1, 0.15) is 12.6 Å². The van der Waals surface area contributed by atoms with Gasteiger partial charge in [-0.05, 0) is 31.0 Å². The van der Waals surface area contributed by atoms with Crippen molar-refractivity contribution in [1.82, 2.24) is 25.1 Å². The summed E-state index contributed by atoms with van der Waals surface area (Å²) in [5, 5.41) is 27.6. The number of rotatable bonds is 7. The van der Waals surface area contributed by atoms with Gasteiger partial charge in [0.2, 0.25) is 5.95 Å². The summed E-state index contributed by atoms with van der Waals surface area (Å²) in [7, 11) is 0. The lowest BCUT2D eigenvalue weighted by atomic mass is 10.1. The molecule has 0 aliphatic carbocycles. The number of aryl methyl sites for hydroxylation is 1. The number of hydrogen-bond acceptors (Lipinski definition) is 7. The zero-order valence-electron chi connectivity index (χ0n) is 16.6. The van der Waals surface area contributed by atoms with Crippen LogP contribution in [0.15, 0.2) is 42.9 Å². The molecule has 30 heavy (non-hydrogen) atoms. The van der Waals surface area contributed by atoms with E-state index in [2.05, 4.69) is 31.8 Å². The van der Waals surface area contributed by atoms with Crippen molar-refractivity contribution in [1.29, 1.82) is 10.5 Å². The zero-order valence-corrected chi connectivity index (χ0v) is 16.6. The molecule has 0 aliphatic rings. The van der Waals surface area contributed by atoms with E-state index in [1.165, 1.54) is 4.68 Å². The lowest BCUT2D eigenvalue weighted by molar-refractivity contribution is 0.0944. The highest BCUT2D eigenvalue weighted by Gasteiger charge is 2.13. The van der Waals surface area contributed by atoms with Crippen LogP contribution >= 0.6 is 0 Å². The first-order valence-corrected chi connectivity index (χ1v) is 9.35. The Bertz CT molecular complexity index is 1120. The van der Waals surface area contributed by atoms with Crippen LogP contribution in [0.3, 0.4) is 0 Å². The maximum absolute atomic E-state index is 12.3. The van der Waals surface area contributed by atoms with Crippen LogP contribution in [-0.2, 0) is 6.54 Å². The second-order valence-electron chi connectivity index (χ2n) is 6.58. The predicted molar refractivity (Wildman–Crippen MR) is 110 cm³/mol. The van der Waals surface area contributed by atoms with Gasteiger partial charge < -0.3 is 10.6 Å². The molecule has 0 unspecified atom stereocenters. The van der Waals surface area contributed by atoms with E-state index in [9.17, 15) is 4.79 Å². The van der Waals surface area contributed by atoms with E-state index in [0.717, 1.165) is 16.8 Å². The van der Waals surface area contributed by atoms with Crippen molar-refractivity contribution in [2.24, 2.45) is 0 Å². The van der Waals surface area contributed by atoms with Gasteiger partial charge in [0.15, 0.2) is 0 Å². The average molecular weight is 400 g/mol. The fourth-order valence-electron chi connectivity index (χ4n) is 2.76. The van der Waals surface area contributed by atoms with Gasteiger partial charge in [-0.2, -0.15) is 15.6 Å². The van der Waals surface area contributed by atoms with E-state index in [-0.39, 0.29) is 12.5 Å². The maximum Gasteiger partial charge on any atom is 0.252 e. The fraction of sp³-hybridized carbons (Fsp3) is 0.238. The third kappa shape index (κ3) is 4.78. The molecule has 9 nitrogen and oxygen atoms in total. The third-order valence-electron chi connectivity index (χ3n) is 4.38. The van der Waals surface area contributed by atoms with Gasteiger partial charge in [0.05, 0.1) is 29.7 Å². The van der Waals surface area contributed by atoms with Gasteiger partial charge in [0, 0.05) is 23.5 Å². The molecule has 0 saturated carbocycles. The van der Waals surface area contributed by atoms with Gasteiger partial charge in [0.25, 0.3) is 5.91 Å². The molecule has 3 rings (SSSR count). The summed E-state index contributed by atoms with van der Waals surface area (Å²) in [5.41, 5.74) is 3.60. The normalized spacial score (nSPS) is 11.2. The van der Waals surface area contributed by atoms with Crippen LogP contribution in [0.2, 0.25) is 0 Å². The number of benzene rings is 1. The highest BCUT2D eigenvalue weighted by molar-refractivity contribution is 5.95. The minimum absolute atomic E-state index is 0.162. The first kappa shape index (κ1) is 20.5. The Morgan fingerprint density at radius 1 is 1.23 bits per heavy atom. The minimum Gasteiger partial charge on any atom is -0.336 e. The van der Waals surface area contributed by atoms with Gasteiger partial charge in [-0.25, -0.2) is 9.97 Å². The Balaban J connectivity index is 1.78. The van der Waals surface area contributed by atoms with E-state index in [1.807, 2.05) is 32.0 Å². The standard InChI is InChI=1S/C21H20N8O/c1-3-17(10-23)26-20(30)16-6-4-15(5-7-16)19-14(2)11-24-21(28-19)27-18-12-25-29(13-18)9-8-22/h4-7,11-13,17H,3,9H2,1-2H3,(H,26,30)(H,24,27,28)/t17-/m0/s1. The topological polar surface area (TPSA) is 132 Å². The molecule has 150 valence electrons. The van der Waals surface area contributed by atoms with E-state index in [1.54, 1.807) is 30.7 Å². The van der Waals surface area contributed by atoms with Gasteiger partial charge in [-0.3, -0.25) is 9.48 Å². The quantitative estimate of drug-likeness (QED) is 0.623. The number of aromatic nitrogens is 4. The molecule has 0 aliphatic heterocycles. The van der Waals surface area contributed by atoms with Crippen LogP contribution < -0.4 is 10.6 Å². The monoisotopic (exact) mass is 400 g/mol. The Morgan fingerprint density at radius 3 is 2.67 bits per heavy atom. The second-order valence-corrected chi connectivity index (χ2v) is 6.58. The molecule has 0 bridgehead atoms. The molecule has 1 aromatic carbocycles. The number of amides is 1. The largest absolute Gasteiger partial charge is 0.336 e. The lowest BCUT2D eigenvalue weighted by Crippen LogP contribution is -2.33. The van der Waals surface area contributed by atoms with Crippen LogP contribution in [0.1, 0.15) is 29.3 Å². The first-order valence-electron chi connectivity index (χ1n) is 9.35. The SMILES string of the molecule is CC[C@@H](C#N)NC(=O)c1ccc(-c2nc(Nc3cnn(CC#N)c3)ncc2C)cc1. The fourth-order valence-corrected chi connectivity index (χ4v) is 2.76. The molecule has 0 spiro atoms. The number of carbonyl (C=O) groups is 1. The molecule has 0 fully saturated rings. The minimum atomic E-state index is -0.507. The Labute approximate surface area is 174 Å². The number of carbonyl (C=O) groups excluding carboxylic acids is 1. The number of hydrogen-bond donors (Lipinski definition) is 2. The highest BCUT2D eigenvalue weighted by atomic mass is 16.1. The van der Waals surface area contributed by atoms with Crippen LogP contribution in [0.4, 0.5) is 11.6 Å². The number of nitrogens with zero attached hydrogens (tertiary/aromatic N) is 6.